The van der Waals surface area contributed by atoms with Crippen LogP contribution in [0, 0.1) is 21.8 Å². The van der Waals surface area contributed by atoms with Gasteiger partial charge in [-0.2, -0.15) is 0 Å². The Morgan fingerprint density at radius 2 is 1.91 bits per heavy atom. The number of hydrogen-bond acceptors (Lipinski definition) is 8. The fourth-order valence-corrected chi connectivity index (χ4v) is 3.87. The van der Waals surface area contributed by atoms with Gasteiger partial charge in [0.2, 0.25) is 11.7 Å². The summed E-state index contributed by atoms with van der Waals surface area (Å²) in [6.07, 6.45) is 4.49. The molecule has 11 heteroatoms. The minimum atomic E-state index is -0.546. The van der Waals surface area contributed by atoms with E-state index >= 15 is 0 Å². The van der Waals surface area contributed by atoms with Gasteiger partial charge in [0.15, 0.2) is 0 Å². The molecule has 10 nitrogen and oxygen atoms in total. The molecule has 1 fully saturated rings. The number of benzene rings is 1. The van der Waals surface area contributed by atoms with Gasteiger partial charge >= 0.3 is 5.69 Å². The monoisotopic (exact) mass is 465 g/mol. The third-order valence-corrected chi connectivity index (χ3v) is 5.74. The van der Waals surface area contributed by atoms with Crippen molar-refractivity contribution in [2.75, 3.05) is 28.6 Å². The number of anilines is 4. The molecule has 1 aliphatic heterocycles. The average Bonchev–Trinajstić information content (AvgIpc) is 2.83. The minimum absolute atomic E-state index is 0.000786. The lowest BCUT2D eigenvalue weighted by atomic mass is 9.96. The van der Waals surface area contributed by atoms with E-state index in [1.165, 1.54) is 18.2 Å². The number of hydrogen-bond donors (Lipinski definition) is 3. The molecule has 0 spiro atoms. The third-order valence-electron chi connectivity index (χ3n) is 5.74. The molecule has 2 aromatic heterocycles. The fraction of sp³-hybridized carbons (Fsp3) is 0.261. The quantitative estimate of drug-likeness (QED) is 0.339. The van der Waals surface area contributed by atoms with E-state index in [9.17, 15) is 19.3 Å². The number of piperidine rings is 1. The normalized spacial score (nSPS) is 14.0. The third kappa shape index (κ3) is 5.37. The van der Waals surface area contributed by atoms with E-state index in [4.69, 9.17) is 5.73 Å². The van der Waals surface area contributed by atoms with Crippen molar-refractivity contribution in [2.45, 2.75) is 19.4 Å². The molecule has 1 amide bonds. The van der Waals surface area contributed by atoms with Crippen molar-refractivity contribution in [3.8, 4) is 0 Å². The van der Waals surface area contributed by atoms with Crippen LogP contribution in [-0.4, -0.2) is 33.9 Å². The van der Waals surface area contributed by atoms with Gasteiger partial charge in [-0.25, -0.2) is 9.37 Å². The Bertz CT molecular complexity index is 1180. The molecule has 176 valence electrons. The molecule has 1 aromatic carbocycles. The van der Waals surface area contributed by atoms with Crippen LogP contribution >= 0.6 is 0 Å². The van der Waals surface area contributed by atoms with Crippen molar-refractivity contribution in [1.29, 1.82) is 0 Å². The number of aromatic nitrogens is 2. The fourth-order valence-electron chi connectivity index (χ4n) is 3.87. The van der Waals surface area contributed by atoms with E-state index in [2.05, 4.69) is 20.6 Å². The summed E-state index contributed by atoms with van der Waals surface area (Å²) in [5.74, 6) is -0.562. The Morgan fingerprint density at radius 3 is 2.56 bits per heavy atom. The molecule has 4 rings (SSSR count). The Hall–Kier alpha value is -4.28. The van der Waals surface area contributed by atoms with Gasteiger partial charge in [-0.15, -0.1) is 0 Å². The summed E-state index contributed by atoms with van der Waals surface area (Å²) in [4.78, 5) is 32.4. The van der Waals surface area contributed by atoms with Crippen molar-refractivity contribution < 1.29 is 14.1 Å². The zero-order chi connectivity index (χ0) is 24.1. The maximum atomic E-state index is 14.9. The summed E-state index contributed by atoms with van der Waals surface area (Å²) in [5, 5.41) is 17.5. The van der Waals surface area contributed by atoms with Crippen molar-refractivity contribution >= 4 is 34.6 Å². The van der Waals surface area contributed by atoms with Crippen LogP contribution in [0.15, 0.2) is 54.9 Å². The van der Waals surface area contributed by atoms with E-state index < -0.39 is 10.7 Å². The van der Waals surface area contributed by atoms with Crippen LogP contribution in [0.3, 0.4) is 0 Å². The molecule has 0 radical (unpaired) electrons. The number of primary amides is 1. The topological polar surface area (TPSA) is 139 Å². The minimum Gasteiger partial charge on any atom is -0.369 e. The number of amides is 1. The van der Waals surface area contributed by atoms with E-state index in [0.29, 0.717) is 49.7 Å². The van der Waals surface area contributed by atoms with Crippen LogP contribution in [0.5, 0.6) is 0 Å². The number of carbonyl (C=O) groups is 1. The van der Waals surface area contributed by atoms with Gasteiger partial charge < -0.3 is 21.3 Å². The highest BCUT2D eigenvalue weighted by Gasteiger charge is 2.25. The number of halogens is 1. The highest BCUT2D eigenvalue weighted by atomic mass is 19.1. The van der Waals surface area contributed by atoms with Gasteiger partial charge in [0, 0.05) is 49.7 Å². The lowest BCUT2D eigenvalue weighted by Crippen LogP contribution is -2.38. The molecule has 0 aliphatic carbocycles. The van der Waals surface area contributed by atoms with Crippen LogP contribution in [0.25, 0.3) is 0 Å². The van der Waals surface area contributed by atoms with Crippen LogP contribution in [-0.2, 0) is 11.3 Å². The molecular formula is C23H24FN7O3. The second-order valence-electron chi connectivity index (χ2n) is 7.99. The molecule has 0 unspecified atom stereocenters. The lowest BCUT2D eigenvalue weighted by Gasteiger charge is -2.32. The first-order valence-corrected chi connectivity index (χ1v) is 10.8. The van der Waals surface area contributed by atoms with Crippen LogP contribution in [0.4, 0.5) is 33.1 Å². The van der Waals surface area contributed by atoms with Gasteiger partial charge in [-0.05, 0) is 54.8 Å². The highest BCUT2D eigenvalue weighted by molar-refractivity contribution is 5.77. The maximum absolute atomic E-state index is 14.9. The van der Waals surface area contributed by atoms with Gasteiger partial charge in [0.1, 0.15) is 11.6 Å². The predicted molar refractivity (Wildman–Crippen MR) is 126 cm³/mol. The van der Waals surface area contributed by atoms with Crippen molar-refractivity contribution in [2.24, 2.45) is 11.7 Å². The van der Waals surface area contributed by atoms with Crippen molar-refractivity contribution in [3.63, 3.8) is 0 Å². The Labute approximate surface area is 195 Å². The van der Waals surface area contributed by atoms with Crippen LogP contribution in [0.1, 0.15) is 18.4 Å². The van der Waals surface area contributed by atoms with E-state index in [0.717, 1.165) is 5.56 Å². The second kappa shape index (κ2) is 10.1. The number of nitrogens with zero attached hydrogens (tertiary/aromatic N) is 4. The molecule has 0 bridgehead atoms. The molecule has 1 aliphatic rings. The van der Waals surface area contributed by atoms with E-state index in [-0.39, 0.29) is 23.3 Å². The number of pyridine rings is 2. The summed E-state index contributed by atoms with van der Waals surface area (Å²) < 4.78 is 14.9. The standard InChI is InChI=1S/C23H24FN7O3/c24-18-13-17(1-2-19(18)30-11-7-16(8-12-30)22(25)32)28-23-20(31(33)34)3-4-21(29-23)27-14-15-5-9-26-10-6-15/h1-6,9-10,13,16H,7-8,11-12,14H2,(H2,25,32)(H2,27,28,29). The van der Waals surface area contributed by atoms with Crippen LogP contribution < -0.4 is 21.3 Å². The lowest BCUT2D eigenvalue weighted by molar-refractivity contribution is -0.384. The summed E-state index contributed by atoms with van der Waals surface area (Å²) in [6.45, 7) is 1.51. The van der Waals surface area contributed by atoms with Gasteiger partial charge in [-0.3, -0.25) is 19.9 Å². The number of rotatable bonds is 8. The molecule has 3 aromatic rings. The number of nitrogens with one attached hydrogen (secondary N) is 2. The number of nitro groups is 1. The molecule has 0 saturated carbocycles. The summed E-state index contributed by atoms with van der Waals surface area (Å²) >= 11 is 0. The average molecular weight is 465 g/mol. The predicted octanol–water partition coefficient (Wildman–Crippen LogP) is 3.58. The van der Waals surface area contributed by atoms with Crippen molar-refractivity contribution in [3.05, 3.63) is 76.4 Å². The molecular weight excluding hydrogens is 441 g/mol. The zero-order valence-electron chi connectivity index (χ0n) is 18.3. The van der Waals surface area contributed by atoms with Gasteiger partial charge in [0.05, 0.1) is 10.6 Å². The largest absolute Gasteiger partial charge is 0.369 e. The maximum Gasteiger partial charge on any atom is 0.311 e. The number of nitrogens with two attached hydrogens (primary N) is 1. The zero-order valence-corrected chi connectivity index (χ0v) is 18.3. The first kappa shape index (κ1) is 22.9. The number of carbonyl (C=O) groups excluding carboxylic acids is 1. The Morgan fingerprint density at radius 1 is 1.18 bits per heavy atom. The smallest absolute Gasteiger partial charge is 0.311 e. The Balaban J connectivity index is 1.49. The molecule has 3 heterocycles. The summed E-state index contributed by atoms with van der Waals surface area (Å²) in [5.41, 5.74) is 6.85. The van der Waals surface area contributed by atoms with E-state index in [1.807, 2.05) is 17.0 Å². The first-order chi connectivity index (χ1) is 16.4. The Kier molecular flexibility index (Phi) is 6.81. The van der Waals surface area contributed by atoms with Crippen molar-refractivity contribution in [1.82, 2.24) is 9.97 Å². The molecule has 4 N–H and O–H groups in total. The van der Waals surface area contributed by atoms with E-state index in [1.54, 1.807) is 24.5 Å². The highest BCUT2D eigenvalue weighted by Crippen LogP contribution is 2.31. The molecule has 0 atom stereocenters. The molecule has 34 heavy (non-hydrogen) atoms. The van der Waals surface area contributed by atoms with Gasteiger partial charge in [-0.1, -0.05) is 0 Å². The molecule has 1 saturated heterocycles. The summed E-state index contributed by atoms with van der Waals surface area (Å²) in [7, 11) is 0. The van der Waals surface area contributed by atoms with Gasteiger partial charge in [0.25, 0.3) is 0 Å². The SMILES string of the molecule is NC(=O)C1CCN(c2ccc(Nc3nc(NCc4ccncc4)ccc3[N+](=O)[O-])cc2F)CC1. The first-order valence-electron chi connectivity index (χ1n) is 10.8. The second-order valence-corrected chi connectivity index (χ2v) is 7.99. The summed E-state index contributed by atoms with van der Waals surface area (Å²) in [6, 6.07) is 11.1. The van der Waals surface area contributed by atoms with Crippen LogP contribution in [0.2, 0.25) is 0 Å².